The molecule has 1 aromatic carbocycles. The second kappa shape index (κ2) is 12.4. The van der Waals surface area contributed by atoms with E-state index in [1.165, 1.54) is 24.4 Å². The molecule has 0 bridgehead atoms. The van der Waals surface area contributed by atoms with E-state index in [1.807, 2.05) is 6.92 Å². The number of carbonyl (C=O) groups excluding carboxylic acids is 2. The highest BCUT2D eigenvalue weighted by Gasteiger charge is 2.18. The Bertz CT molecular complexity index is 962. The number of nitrogens with zero attached hydrogens (tertiary/aromatic N) is 1. The summed E-state index contributed by atoms with van der Waals surface area (Å²) in [6, 6.07) is 5.98. The van der Waals surface area contributed by atoms with E-state index in [1.54, 1.807) is 26.8 Å². The second-order valence-corrected chi connectivity index (χ2v) is 8.76. The molecule has 0 saturated carbocycles. The van der Waals surface area contributed by atoms with Crippen molar-refractivity contribution in [1.82, 2.24) is 10.3 Å². The highest BCUT2D eigenvalue weighted by molar-refractivity contribution is 6.32. The number of pyridine rings is 1. The van der Waals surface area contributed by atoms with E-state index in [-0.39, 0.29) is 22.2 Å². The number of aromatic nitrogens is 1. The van der Waals surface area contributed by atoms with Gasteiger partial charge in [0.05, 0.1) is 11.6 Å². The van der Waals surface area contributed by atoms with Crippen LogP contribution in [-0.2, 0) is 15.9 Å². The minimum atomic E-state index is -0.608. The summed E-state index contributed by atoms with van der Waals surface area (Å²) in [6.07, 6.45) is 3.34. The number of carbonyl (C=O) groups is 2. The Labute approximate surface area is 198 Å². The normalized spacial score (nSPS) is 11.1. The van der Waals surface area contributed by atoms with Crippen molar-refractivity contribution in [2.45, 2.75) is 59.0 Å². The van der Waals surface area contributed by atoms with Gasteiger partial charge in [-0.15, -0.1) is 0 Å². The lowest BCUT2D eigenvalue weighted by atomic mass is 10.1. The van der Waals surface area contributed by atoms with E-state index in [2.05, 4.69) is 10.3 Å². The number of amides is 1. The van der Waals surface area contributed by atoms with Crippen LogP contribution in [0, 0.1) is 5.82 Å². The van der Waals surface area contributed by atoms with Crippen molar-refractivity contribution in [2.75, 3.05) is 13.2 Å². The van der Waals surface area contributed by atoms with E-state index in [0.29, 0.717) is 31.6 Å². The largest absolute Gasteiger partial charge is 0.461 e. The monoisotopic (exact) mass is 480 g/mol. The van der Waals surface area contributed by atoms with E-state index < -0.39 is 23.5 Å². The fraction of sp³-hybridized carbons (Fsp3) is 0.458. The molecule has 0 fully saturated rings. The Morgan fingerprint density at radius 2 is 1.94 bits per heavy atom. The second-order valence-electron chi connectivity index (χ2n) is 8.35. The number of hydrogen-bond acceptors (Lipinski definition) is 6. The molecule has 33 heavy (non-hydrogen) atoms. The predicted octanol–water partition coefficient (Wildman–Crippen LogP) is 6.08. The first kappa shape index (κ1) is 26.4. The highest BCUT2D eigenvalue weighted by atomic mass is 35.5. The van der Waals surface area contributed by atoms with Crippen molar-refractivity contribution < 1.29 is 28.2 Å². The van der Waals surface area contributed by atoms with Gasteiger partial charge in [0.15, 0.2) is 17.3 Å². The first-order valence-electron chi connectivity index (χ1n) is 10.9. The average Bonchev–Trinajstić information content (AvgIpc) is 2.74. The SMILES string of the molecule is CCCCOC(=O)c1cc(Oc2c(Cl)ccc(CCCNC(=O)OC(C)(C)C)c2F)ccn1. The van der Waals surface area contributed by atoms with Crippen LogP contribution in [0.15, 0.2) is 30.5 Å². The van der Waals surface area contributed by atoms with Crippen LogP contribution < -0.4 is 10.1 Å². The third-order valence-corrected chi connectivity index (χ3v) is 4.61. The molecule has 9 heteroatoms. The van der Waals surface area contributed by atoms with Gasteiger partial charge in [-0.3, -0.25) is 0 Å². The summed E-state index contributed by atoms with van der Waals surface area (Å²) >= 11 is 6.16. The van der Waals surface area contributed by atoms with Crippen LogP contribution in [0.1, 0.15) is 63.0 Å². The van der Waals surface area contributed by atoms with Crippen LogP contribution in [0.25, 0.3) is 0 Å². The predicted molar refractivity (Wildman–Crippen MR) is 123 cm³/mol. The number of halogens is 2. The number of alkyl carbamates (subject to hydrolysis) is 1. The number of nitrogens with one attached hydrogen (secondary N) is 1. The fourth-order valence-corrected chi connectivity index (χ4v) is 2.92. The van der Waals surface area contributed by atoms with Crippen molar-refractivity contribution in [1.29, 1.82) is 0 Å². The number of esters is 1. The summed E-state index contributed by atoms with van der Waals surface area (Å²) in [7, 11) is 0. The molecule has 0 aliphatic carbocycles. The summed E-state index contributed by atoms with van der Waals surface area (Å²) in [5.74, 6) is -1.13. The summed E-state index contributed by atoms with van der Waals surface area (Å²) in [5, 5.41) is 2.73. The number of unbranched alkanes of at least 4 members (excludes halogenated alkanes) is 1. The van der Waals surface area contributed by atoms with Gasteiger partial charge in [-0.1, -0.05) is 31.0 Å². The number of hydrogen-bond donors (Lipinski definition) is 1. The molecule has 0 radical (unpaired) electrons. The fourth-order valence-electron chi connectivity index (χ4n) is 2.73. The van der Waals surface area contributed by atoms with Gasteiger partial charge in [0.25, 0.3) is 0 Å². The van der Waals surface area contributed by atoms with Crippen molar-refractivity contribution in [2.24, 2.45) is 0 Å². The van der Waals surface area contributed by atoms with Crippen LogP contribution in [0.3, 0.4) is 0 Å². The zero-order valence-corrected chi connectivity index (χ0v) is 20.1. The molecule has 0 unspecified atom stereocenters. The van der Waals surface area contributed by atoms with Crippen molar-refractivity contribution >= 4 is 23.7 Å². The van der Waals surface area contributed by atoms with Gasteiger partial charge in [-0.05, 0) is 57.7 Å². The quantitative estimate of drug-likeness (QED) is 0.327. The molecule has 0 saturated heterocycles. The maximum absolute atomic E-state index is 15.1. The first-order valence-corrected chi connectivity index (χ1v) is 11.2. The Kier molecular flexibility index (Phi) is 9.91. The number of benzene rings is 1. The van der Waals surface area contributed by atoms with Gasteiger partial charge in [0, 0.05) is 18.8 Å². The molecule has 1 heterocycles. The zero-order valence-electron chi connectivity index (χ0n) is 19.4. The van der Waals surface area contributed by atoms with Gasteiger partial charge < -0.3 is 19.5 Å². The van der Waals surface area contributed by atoms with E-state index in [9.17, 15) is 9.59 Å². The van der Waals surface area contributed by atoms with E-state index >= 15 is 4.39 Å². The lowest BCUT2D eigenvalue weighted by Crippen LogP contribution is -2.33. The molecule has 2 aromatic rings. The number of aryl methyl sites for hydroxylation is 1. The lowest BCUT2D eigenvalue weighted by molar-refractivity contribution is 0.0489. The molecule has 0 aliphatic rings. The van der Waals surface area contributed by atoms with Crippen LogP contribution in [0.5, 0.6) is 11.5 Å². The molecule has 0 aliphatic heterocycles. The average molecular weight is 481 g/mol. The summed E-state index contributed by atoms with van der Waals surface area (Å²) in [4.78, 5) is 27.8. The maximum Gasteiger partial charge on any atom is 0.407 e. The van der Waals surface area contributed by atoms with Crippen molar-refractivity contribution in [3.63, 3.8) is 0 Å². The third kappa shape index (κ3) is 8.88. The highest BCUT2D eigenvalue weighted by Crippen LogP contribution is 2.34. The van der Waals surface area contributed by atoms with Gasteiger partial charge in [0.2, 0.25) is 0 Å². The lowest BCUT2D eigenvalue weighted by Gasteiger charge is -2.19. The summed E-state index contributed by atoms with van der Waals surface area (Å²) < 4.78 is 31.0. The number of ether oxygens (including phenoxy) is 3. The smallest absolute Gasteiger partial charge is 0.407 e. The molecule has 7 nitrogen and oxygen atoms in total. The zero-order chi connectivity index (χ0) is 24.4. The molecule has 2 rings (SSSR count). The minimum absolute atomic E-state index is 0.0597. The summed E-state index contributed by atoms with van der Waals surface area (Å²) in [6.45, 7) is 7.94. The molecule has 180 valence electrons. The molecular formula is C24H30ClFN2O5. The third-order valence-electron chi connectivity index (χ3n) is 4.31. The first-order chi connectivity index (χ1) is 15.6. The van der Waals surface area contributed by atoms with Crippen molar-refractivity contribution in [3.05, 3.63) is 52.6 Å². The van der Waals surface area contributed by atoms with E-state index in [4.69, 9.17) is 25.8 Å². The minimum Gasteiger partial charge on any atom is -0.461 e. The Balaban J connectivity index is 2.01. The molecule has 1 aromatic heterocycles. The van der Waals surface area contributed by atoms with Gasteiger partial charge in [-0.25, -0.2) is 19.0 Å². The van der Waals surface area contributed by atoms with Gasteiger partial charge >= 0.3 is 12.1 Å². The van der Waals surface area contributed by atoms with Gasteiger partial charge in [0.1, 0.15) is 11.4 Å². The number of rotatable bonds is 10. The maximum atomic E-state index is 15.1. The standard InChI is InChI=1S/C24H30ClFN2O5/c1-5-6-14-31-22(29)19-15-17(11-13-27-19)32-21-18(25)10-9-16(20(21)26)8-7-12-28-23(30)33-24(2,3)4/h9-11,13,15H,5-8,12,14H2,1-4H3,(H,28,30). The Morgan fingerprint density at radius 3 is 2.64 bits per heavy atom. The molecule has 0 spiro atoms. The molecule has 1 amide bonds. The molecule has 1 N–H and O–H groups in total. The van der Waals surface area contributed by atoms with Gasteiger partial charge in [-0.2, -0.15) is 0 Å². The van der Waals surface area contributed by atoms with Crippen LogP contribution >= 0.6 is 11.6 Å². The van der Waals surface area contributed by atoms with Crippen LogP contribution in [-0.4, -0.2) is 35.8 Å². The summed E-state index contributed by atoms with van der Waals surface area (Å²) in [5.41, 5.74) is -0.143. The van der Waals surface area contributed by atoms with Crippen molar-refractivity contribution in [3.8, 4) is 11.5 Å². The Morgan fingerprint density at radius 1 is 1.18 bits per heavy atom. The molecule has 0 atom stereocenters. The Hall–Kier alpha value is -2.87. The van der Waals surface area contributed by atoms with Crippen LogP contribution in [0.4, 0.5) is 9.18 Å². The topological polar surface area (TPSA) is 86.8 Å². The molecular weight excluding hydrogens is 451 g/mol. The van der Waals surface area contributed by atoms with E-state index in [0.717, 1.165) is 12.8 Å². The van der Waals surface area contributed by atoms with Crippen LogP contribution in [0.2, 0.25) is 5.02 Å².